The molecule has 0 aliphatic rings. The number of methoxy groups -OCH3 is 2. The molecule has 3 rings (SSSR count). The minimum atomic E-state index is -0.147. The summed E-state index contributed by atoms with van der Waals surface area (Å²) in [7, 11) is 3.13. The smallest absolute Gasteiger partial charge is 0.164 e. The van der Waals surface area contributed by atoms with Crippen molar-refractivity contribution in [1.29, 1.82) is 0 Å². The molecule has 0 bridgehead atoms. The zero-order chi connectivity index (χ0) is 21.7. The lowest BCUT2D eigenvalue weighted by Crippen LogP contribution is -2.03. The Balaban J connectivity index is 2.14. The van der Waals surface area contributed by atoms with Gasteiger partial charge in [-0.2, -0.15) is 0 Å². The second-order valence-corrected chi connectivity index (χ2v) is 6.35. The minimum absolute atomic E-state index is 0.147. The number of Topliss-reactive ketones (excluding diaryl/α,β-unsaturated/α-hetero) is 1. The fourth-order valence-corrected chi connectivity index (χ4v) is 3.09. The van der Waals surface area contributed by atoms with Gasteiger partial charge in [0.1, 0.15) is 11.5 Å². The molecule has 30 heavy (non-hydrogen) atoms. The number of ketones is 1. The molecule has 1 heterocycles. The van der Waals surface area contributed by atoms with Gasteiger partial charge in [-0.25, -0.2) is 0 Å². The number of nitrogens with zero attached hydrogens (tertiary/aromatic N) is 1. The Kier molecular flexibility index (Phi) is 6.61. The number of hydrogen-bond acceptors (Lipinski definition) is 7. The van der Waals surface area contributed by atoms with Crippen molar-refractivity contribution in [2.45, 2.75) is 20.8 Å². The zero-order valence-corrected chi connectivity index (χ0v) is 17.8. The maximum atomic E-state index is 12.3. The van der Waals surface area contributed by atoms with Crippen LogP contribution in [0.15, 0.2) is 36.5 Å². The van der Waals surface area contributed by atoms with Crippen LogP contribution in [0.5, 0.6) is 34.5 Å². The molecule has 0 fully saturated rings. The molecular formula is C23H25NO6. The van der Waals surface area contributed by atoms with E-state index in [4.69, 9.17) is 23.7 Å². The van der Waals surface area contributed by atoms with Crippen LogP contribution in [0.25, 0.3) is 10.9 Å². The van der Waals surface area contributed by atoms with E-state index >= 15 is 0 Å². The summed E-state index contributed by atoms with van der Waals surface area (Å²) in [5.74, 6) is 2.88. The molecule has 0 aliphatic carbocycles. The van der Waals surface area contributed by atoms with E-state index < -0.39 is 0 Å². The quantitative estimate of drug-likeness (QED) is 0.456. The third kappa shape index (κ3) is 4.25. The van der Waals surface area contributed by atoms with Crippen molar-refractivity contribution in [2.75, 3.05) is 27.4 Å². The maximum Gasteiger partial charge on any atom is 0.164 e. The van der Waals surface area contributed by atoms with Gasteiger partial charge in [0.05, 0.1) is 38.5 Å². The van der Waals surface area contributed by atoms with Gasteiger partial charge in [0.15, 0.2) is 28.8 Å². The van der Waals surface area contributed by atoms with Crippen LogP contribution < -0.4 is 23.7 Å². The number of benzene rings is 2. The van der Waals surface area contributed by atoms with Gasteiger partial charge in [-0.3, -0.25) is 9.78 Å². The summed E-state index contributed by atoms with van der Waals surface area (Å²) >= 11 is 0. The average Bonchev–Trinajstić information content (AvgIpc) is 2.74. The third-order valence-corrected chi connectivity index (χ3v) is 4.45. The number of ether oxygens (including phenoxy) is 5. The lowest BCUT2D eigenvalue weighted by molar-refractivity contribution is 0.101. The van der Waals surface area contributed by atoms with Gasteiger partial charge in [-0.1, -0.05) is 0 Å². The molecule has 0 aliphatic heterocycles. The van der Waals surface area contributed by atoms with E-state index in [-0.39, 0.29) is 5.78 Å². The van der Waals surface area contributed by atoms with Gasteiger partial charge >= 0.3 is 0 Å². The van der Waals surface area contributed by atoms with Crippen molar-refractivity contribution < 1.29 is 28.5 Å². The van der Waals surface area contributed by atoms with Crippen LogP contribution in [-0.2, 0) is 0 Å². The molecule has 0 radical (unpaired) electrons. The molecule has 0 spiro atoms. The highest BCUT2D eigenvalue weighted by Crippen LogP contribution is 2.41. The predicted octanol–water partition coefficient (Wildman–Crippen LogP) is 5.04. The number of aromatic nitrogens is 1. The van der Waals surface area contributed by atoms with Crippen molar-refractivity contribution in [3.8, 4) is 34.5 Å². The SMILES string of the molecule is CCOc1cc(Oc2ccnc3cc(OC)c(OC)cc23)c(C(C)=O)cc1OCC. The maximum absolute atomic E-state index is 12.3. The summed E-state index contributed by atoms with van der Waals surface area (Å²) in [6.07, 6.45) is 1.63. The Morgan fingerprint density at radius 1 is 0.833 bits per heavy atom. The number of carbonyl (C=O) groups excluding carboxylic acids is 1. The topological polar surface area (TPSA) is 76.1 Å². The summed E-state index contributed by atoms with van der Waals surface area (Å²) in [6, 6.07) is 8.63. The summed E-state index contributed by atoms with van der Waals surface area (Å²) in [5.41, 5.74) is 1.07. The van der Waals surface area contributed by atoms with Crippen LogP contribution in [0.2, 0.25) is 0 Å². The Bertz CT molecular complexity index is 1060. The van der Waals surface area contributed by atoms with E-state index in [1.54, 1.807) is 50.7 Å². The molecular weight excluding hydrogens is 386 g/mol. The molecule has 0 amide bonds. The van der Waals surface area contributed by atoms with E-state index in [2.05, 4.69) is 4.98 Å². The second-order valence-electron chi connectivity index (χ2n) is 6.35. The monoisotopic (exact) mass is 411 g/mol. The van der Waals surface area contributed by atoms with Crippen LogP contribution in [0.1, 0.15) is 31.1 Å². The van der Waals surface area contributed by atoms with Crippen molar-refractivity contribution in [1.82, 2.24) is 4.98 Å². The van der Waals surface area contributed by atoms with Crippen LogP contribution in [-0.4, -0.2) is 38.2 Å². The van der Waals surface area contributed by atoms with Gasteiger partial charge in [-0.05, 0) is 39.0 Å². The van der Waals surface area contributed by atoms with Gasteiger partial charge in [0.25, 0.3) is 0 Å². The van der Waals surface area contributed by atoms with Crippen molar-refractivity contribution in [2.24, 2.45) is 0 Å². The van der Waals surface area contributed by atoms with E-state index in [1.807, 2.05) is 13.8 Å². The molecule has 7 heteroatoms. The number of pyridine rings is 1. The molecule has 2 aromatic carbocycles. The third-order valence-electron chi connectivity index (χ3n) is 4.45. The van der Waals surface area contributed by atoms with Crippen LogP contribution in [0.4, 0.5) is 0 Å². The number of carbonyl (C=O) groups is 1. The fraction of sp³-hybridized carbons (Fsp3) is 0.304. The standard InChI is InChI=1S/C23H25NO6/c1-6-28-22-10-15(14(3)25)19(13-23(22)29-7-2)30-18-8-9-24-17-12-21(27-5)20(26-4)11-16(17)18/h8-13H,6-7H2,1-5H3. The fourth-order valence-electron chi connectivity index (χ4n) is 3.09. The average molecular weight is 411 g/mol. The molecule has 158 valence electrons. The van der Waals surface area contributed by atoms with E-state index in [9.17, 15) is 4.79 Å². The Morgan fingerprint density at radius 2 is 1.47 bits per heavy atom. The van der Waals surface area contributed by atoms with Crippen molar-refractivity contribution in [3.63, 3.8) is 0 Å². The number of rotatable bonds is 9. The molecule has 1 aromatic heterocycles. The second kappa shape index (κ2) is 9.35. The highest BCUT2D eigenvalue weighted by atomic mass is 16.5. The first-order chi connectivity index (χ1) is 14.5. The van der Waals surface area contributed by atoms with Crippen LogP contribution in [0, 0.1) is 0 Å². The minimum Gasteiger partial charge on any atom is -0.493 e. The first-order valence-electron chi connectivity index (χ1n) is 9.65. The highest BCUT2D eigenvalue weighted by Gasteiger charge is 2.18. The molecule has 7 nitrogen and oxygen atoms in total. The van der Waals surface area contributed by atoms with Gasteiger partial charge < -0.3 is 23.7 Å². The Hall–Kier alpha value is -3.48. The number of hydrogen-bond donors (Lipinski definition) is 0. The summed E-state index contributed by atoms with van der Waals surface area (Å²) < 4.78 is 28.3. The first-order valence-corrected chi connectivity index (χ1v) is 9.65. The van der Waals surface area contributed by atoms with Gasteiger partial charge in [-0.15, -0.1) is 0 Å². The van der Waals surface area contributed by atoms with E-state index in [1.165, 1.54) is 6.92 Å². The molecule has 3 aromatic rings. The van der Waals surface area contributed by atoms with Crippen molar-refractivity contribution in [3.05, 3.63) is 42.1 Å². The molecule has 0 N–H and O–H groups in total. The lowest BCUT2D eigenvalue weighted by atomic mass is 10.1. The van der Waals surface area contributed by atoms with Gasteiger partial charge in [0.2, 0.25) is 0 Å². The zero-order valence-electron chi connectivity index (χ0n) is 17.8. The van der Waals surface area contributed by atoms with Crippen LogP contribution in [0.3, 0.4) is 0 Å². The lowest BCUT2D eigenvalue weighted by Gasteiger charge is -2.17. The Morgan fingerprint density at radius 3 is 2.07 bits per heavy atom. The summed E-state index contributed by atoms with van der Waals surface area (Å²) in [4.78, 5) is 16.7. The predicted molar refractivity (Wildman–Crippen MR) is 114 cm³/mol. The molecule has 0 saturated carbocycles. The normalized spacial score (nSPS) is 10.6. The van der Waals surface area contributed by atoms with Crippen molar-refractivity contribution >= 4 is 16.7 Å². The molecule has 0 atom stereocenters. The van der Waals surface area contributed by atoms with Crippen LogP contribution >= 0.6 is 0 Å². The number of fused-ring (bicyclic) bond motifs is 1. The largest absolute Gasteiger partial charge is 0.493 e. The molecule has 0 saturated heterocycles. The first kappa shape index (κ1) is 21.2. The van der Waals surface area contributed by atoms with E-state index in [0.717, 1.165) is 5.39 Å². The molecule has 0 unspecified atom stereocenters. The Labute approximate surface area is 175 Å². The van der Waals surface area contributed by atoms with E-state index in [0.29, 0.717) is 58.8 Å². The highest BCUT2D eigenvalue weighted by molar-refractivity contribution is 5.98. The van der Waals surface area contributed by atoms with Gasteiger partial charge in [0, 0.05) is 23.7 Å². The summed E-state index contributed by atoms with van der Waals surface area (Å²) in [5, 5.41) is 0.719. The summed E-state index contributed by atoms with van der Waals surface area (Å²) in [6.45, 7) is 6.14.